The standard InChI is InChI=1S/C21H22N2O2S/c24-13-1-10-23-11-8-19(9-12-23)25-18-5-2-16(3-6-18)17-4-7-21-20(14-17)22-15-26-21/h2-7,13-15,19H,1,8-12H2. The van der Waals surface area contributed by atoms with Crippen molar-refractivity contribution < 1.29 is 9.53 Å². The zero-order chi connectivity index (χ0) is 17.8. The molecule has 0 amide bonds. The summed E-state index contributed by atoms with van der Waals surface area (Å²) < 4.78 is 7.37. The van der Waals surface area contributed by atoms with E-state index < -0.39 is 0 Å². The van der Waals surface area contributed by atoms with Gasteiger partial charge in [0.1, 0.15) is 18.1 Å². The third-order valence-electron chi connectivity index (χ3n) is 4.92. The van der Waals surface area contributed by atoms with E-state index in [4.69, 9.17) is 4.74 Å². The summed E-state index contributed by atoms with van der Waals surface area (Å²) in [6.07, 6.45) is 3.91. The molecular formula is C21H22N2O2S. The molecule has 1 aliphatic rings. The van der Waals surface area contributed by atoms with Crippen molar-refractivity contribution in [2.75, 3.05) is 19.6 Å². The lowest BCUT2D eigenvalue weighted by Gasteiger charge is -2.31. The maximum absolute atomic E-state index is 10.5. The molecule has 1 fully saturated rings. The number of ether oxygens (including phenoxy) is 1. The van der Waals surface area contributed by atoms with Crippen molar-refractivity contribution in [3.63, 3.8) is 0 Å². The Morgan fingerprint density at radius 2 is 1.88 bits per heavy atom. The Labute approximate surface area is 157 Å². The second-order valence-electron chi connectivity index (χ2n) is 6.67. The fourth-order valence-electron chi connectivity index (χ4n) is 3.44. The molecule has 0 bridgehead atoms. The Bertz CT molecular complexity index is 867. The lowest BCUT2D eigenvalue weighted by molar-refractivity contribution is -0.108. The summed E-state index contributed by atoms with van der Waals surface area (Å²) in [5.74, 6) is 0.926. The summed E-state index contributed by atoms with van der Waals surface area (Å²) in [6, 6.07) is 14.7. The van der Waals surface area contributed by atoms with Crippen molar-refractivity contribution in [1.82, 2.24) is 9.88 Å². The number of rotatable bonds is 6. The highest BCUT2D eigenvalue weighted by Gasteiger charge is 2.20. The average molecular weight is 366 g/mol. The SMILES string of the molecule is O=CCCN1CCC(Oc2ccc(-c3ccc4scnc4c3)cc2)CC1. The zero-order valence-corrected chi connectivity index (χ0v) is 15.5. The molecule has 0 aliphatic carbocycles. The molecule has 2 heterocycles. The number of carbonyl (C=O) groups excluding carboxylic acids is 1. The van der Waals surface area contributed by atoms with Gasteiger partial charge in [-0.1, -0.05) is 18.2 Å². The summed E-state index contributed by atoms with van der Waals surface area (Å²) in [6.45, 7) is 2.88. The minimum atomic E-state index is 0.264. The number of aromatic nitrogens is 1. The molecule has 0 N–H and O–H groups in total. The van der Waals surface area contributed by atoms with Crippen LogP contribution < -0.4 is 4.74 Å². The van der Waals surface area contributed by atoms with Crippen LogP contribution in [0.15, 0.2) is 48.0 Å². The highest BCUT2D eigenvalue weighted by atomic mass is 32.1. The van der Waals surface area contributed by atoms with Crippen LogP contribution in [0, 0.1) is 0 Å². The fraction of sp³-hybridized carbons (Fsp3) is 0.333. The maximum atomic E-state index is 10.5. The summed E-state index contributed by atoms with van der Waals surface area (Å²) in [4.78, 5) is 17.2. The molecule has 0 atom stereocenters. The van der Waals surface area contributed by atoms with Gasteiger partial charge in [0, 0.05) is 26.1 Å². The normalized spacial score (nSPS) is 16.0. The molecule has 5 heteroatoms. The highest BCUT2D eigenvalue weighted by molar-refractivity contribution is 7.16. The van der Waals surface area contributed by atoms with Gasteiger partial charge < -0.3 is 14.4 Å². The topological polar surface area (TPSA) is 42.4 Å². The van der Waals surface area contributed by atoms with E-state index in [1.807, 2.05) is 5.51 Å². The van der Waals surface area contributed by atoms with Gasteiger partial charge in [0.2, 0.25) is 0 Å². The Kier molecular flexibility index (Phi) is 5.27. The van der Waals surface area contributed by atoms with E-state index in [-0.39, 0.29) is 6.10 Å². The van der Waals surface area contributed by atoms with Crippen LogP contribution in [-0.2, 0) is 4.79 Å². The van der Waals surface area contributed by atoms with E-state index >= 15 is 0 Å². The van der Waals surface area contributed by atoms with Crippen LogP contribution in [0.2, 0.25) is 0 Å². The van der Waals surface area contributed by atoms with E-state index in [0.29, 0.717) is 6.42 Å². The van der Waals surface area contributed by atoms with Gasteiger partial charge >= 0.3 is 0 Å². The molecule has 2 aromatic carbocycles. The van der Waals surface area contributed by atoms with Gasteiger partial charge in [-0.25, -0.2) is 4.98 Å². The second kappa shape index (κ2) is 7.98. The number of fused-ring (bicyclic) bond motifs is 1. The molecule has 0 saturated carbocycles. The van der Waals surface area contributed by atoms with Gasteiger partial charge in [-0.2, -0.15) is 0 Å². The van der Waals surface area contributed by atoms with Crippen molar-refractivity contribution in [1.29, 1.82) is 0 Å². The highest BCUT2D eigenvalue weighted by Crippen LogP contribution is 2.28. The van der Waals surface area contributed by atoms with Crippen LogP contribution in [-0.4, -0.2) is 41.9 Å². The van der Waals surface area contributed by atoms with E-state index in [2.05, 4.69) is 52.3 Å². The molecule has 4 rings (SSSR count). The Morgan fingerprint density at radius 3 is 2.65 bits per heavy atom. The number of aldehydes is 1. The summed E-state index contributed by atoms with van der Waals surface area (Å²) in [5, 5.41) is 0. The monoisotopic (exact) mass is 366 g/mol. The molecule has 4 nitrogen and oxygen atoms in total. The first-order valence-corrected chi connectivity index (χ1v) is 9.96. The van der Waals surface area contributed by atoms with Gasteiger partial charge in [-0.3, -0.25) is 0 Å². The molecular weight excluding hydrogens is 344 g/mol. The Morgan fingerprint density at radius 1 is 1.12 bits per heavy atom. The lowest BCUT2D eigenvalue weighted by Crippen LogP contribution is -2.38. The zero-order valence-electron chi connectivity index (χ0n) is 14.6. The van der Waals surface area contributed by atoms with Crippen LogP contribution in [0.25, 0.3) is 21.3 Å². The summed E-state index contributed by atoms with van der Waals surface area (Å²) in [7, 11) is 0. The predicted molar refractivity (Wildman–Crippen MR) is 106 cm³/mol. The molecule has 0 unspecified atom stereocenters. The van der Waals surface area contributed by atoms with Gasteiger partial charge in [0.25, 0.3) is 0 Å². The van der Waals surface area contributed by atoms with E-state index in [0.717, 1.165) is 50.0 Å². The minimum absolute atomic E-state index is 0.264. The molecule has 0 radical (unpaired) electrons. The average Bonchev–Trinajstić information content (AvgIpc) is 3.16. The molecule has 0 spiro atoms. The third kappa shape index (κ3) is 3.94. The van der Waals surface area contributed by atoms with Gasteiger partial charge in [-0.15, -0.1) is 11.3 Å². The molecule has 134 valence electrons. The number of hydrogen-bond donors (Lipinski definition) is 0. The number of carbonyl (C=O) groups is 1. The number of piperidine rings is 1. The van der Waals surface area contributed by atoms with Crippen LogP contribution in [0.1, 0.15) is 19.3 Å². The first kappa shape index (κ1) is 17.2. The fourth-order valence-corrected chi connectivity index (χ4v) is 4.10. The molecule has 3 aromatic rings. The lowest BCUT2D eigenvalue weighted by atomic mass is 10.0. The smallest absolute Gasteiger partial charge is 0.121 e. The van der Waals surface area contributed by atoms with Gasteiger partial charge in [-0.05, 0) is 48.2 Å². The van der Waals surface area contributed by atoms with Crippen molar-refractivity contribution >= 4 is 27.8 Å². The summed E-state index contributed by atoms with van der Waals surface area (Å²) in [5.41, 5.74) is 5.29. The number of hydrogen-bond acceptors (Lipinski definition) is 5. The first-order valence-electron chi connectivity index (χ1n) is 9.08. The van der Waals surface area contributed by atoms with Crippen molar-refractivity contribution in [3.8, 4) is 16.9 Å². The molecule has 1 aromatic heterocycles. The first-order chi connectivity index (χ1) is 12.8. The molecule has 26 heavy (non-hydrogen) atoms. The Hall–Kier alpha value is -2.24. The quantitative estimate of drug-likeness (QED) is 0.607. The second-order valence-corrected chi connectivity index (χ2v) is 7.56. The minimum Gasteiger partial charge on any atom is -0.490 e. The Balaban J connectivity index is 1.36. The number of nitrogens with zero attached hydrogens (tertiary/aromatic N) is 2. The maximum Gasteiger partial charge on any atom is 0.121 e. The largest absolute Gasteiger partial charge is 0.490 e. The van der Waals surface area contributed by atoms with E-state index in [1.165, 1.54) is 15.8 Å². The van der Waals surface area contributed by atoms with Crippen molar-refractivity contribution in [2.45, 2.75) is 25.4 Å². The number of thiazole rings is 1. The van der Waals surface area contributed by atoms with E-state index in [1.54, 1.807) is 11.3 Å². The van der Waals surface area contributed by atoms with Crippen molar-refractivity contribution in [3.05, 3.63) is 48.0 Å². The number of likely N-dealkylation sites (tertiary alicyclic amines) is 1. The van der Waals surface area contributed by atoms with Crippen molar-refractivity contribution in [2.24, 2.45) is 0 Å². The van der Waals surface area contributed by atoms with Crippen LogP contribution in [0.3, 0.4) is 0 Å². The summed E-state index contributed by atoms with van der Waals surface area (Å²) >= 11 is 1.67. The van der Waals surface area contributed by atoms with Gasteiger partial charge in [0.05, 0.1) is 15.7 Å². The predicted octanol–water partition coefficient (Wildman–Crippen LogP) is 4.40. The van der Waals surface area contributed by atoms with Gasteiger partial charge in [0.15, 0.2) is 0 Å². The van der Waals surface area contributed by atoms with Crippen LogP contribution in [0.5, 0.6) is 5.75 Å². The van der Waals surface area contributed by atoms with E-state index in [9.17, 15) is 4.79 Å². The number of benzene rings is 2. The molecule has 1 aliphatic heterocycles. The molecule has 1 saturated heterocycles. The van der Waals surface area contributed by atoms with Crippen LogP contribution in [0.4, 0.5) is 0 Å². The van der Waals surface area contributed by atoms with Crippen LogP contribution >= 0.6 is 11.3 Å². The third-order valence-corrected chi connectivity index (χ3v) is 5.73.